The molecule has 1 aromatic carbocycles. The first-order valence-corrected chi connectivity index (χ1v) is 7.63. The van der Waals surface area contributed by atoms with E-state index in [4.69, 9.17) is 10.5 Å². The molecule has 0 amide bonds. The summed E-state index contributed by atoms with van der Waals surface area (Å²) in [6.07, 6.45) is 5.08. The molecule has 2 N–H and O–H groups in total. The van der Waals surface area contributed by atoms with Crippen LogP contribution in [-0.4, -0.2) is 18.3 Å². The average molecular weight is 279 g/mol. The molecular formula is C15H21NO2S. The van der Waals surface area contributed by atoms with Gasteiger partial charge in [0.1, 0.15) is 0 Å². The van der Waals surface area contributed by atoms with Crippen molar-refractivity contribution in [2.24, 2.45) is 5.92 Å². The number of para-hydroxylation sites is 1. The van der Waals surface area contributed by atoms with E-state index in [1.807, 2.05) is 12.1 Å². The number of benzene rings is 1. The number of hydrogen-bond acceptors (Lipinski definition) is 4. The van der Waals surface area contributed by atoms with Crippen molar-refractivity contribution in [1.29, 1.82) is 0 Å². The Kier molecular flexibility index (Phi) is 4.75. The Morgan fingerprint density at radius 2 is 2.21 bits per heavy atom. The van der Waals surface area contributed by atoms with Crippen LogP contribution >= 0.6 is 11.8 Å². The molecule has 2 unspecified atom stereocenters. The molecule has 1 aliphatic carbocycles. The molecule has 0 heterocycles. The number of thioether (sulfide) groups is 1. The van der Waals surface area contributed by atoms with Crippen molar-refractivity contribution in [3.8, 4) is 0 Å². The maximum atomic E-state index is 11.6. The molecule has 0 aliphatic heterocycles. The van der Waals surface area contributed by atoms with Crippen LogP contribution in [0.15, 0.2) is 23.1 Å². The van der Waals surface area contributed by atoms with E-state index in [9.17, 15) is 4.79 Å². The van der Waals surface area contributed by atoms with Crippen LogP contribution in [0.1, 0.15) is 43.0 Å². The first-order valence-electron chi connectivity index (χ1n) is 6.75. The summed E-state index contributed by atoms with van der Waals surface area (Å²) in [5, 5.41) is 0.610. The van der Waals surface area contributed by atoms with Crippen molar-refractivity contribution in [1.82, 2.24) is 0 Å². The van der Waals surface area contributed by atoms with E-state index in [1.54, 1.807) is 17.8 Å². The number of ether oxygens (including phenoxy) is 1. The van der Waals surface area contributed by atoms with Crippen LogP contribution in [0, 0.1) is 5.92 Å². The monoisotopic (exact) mass is 279 g/mol. The molecule has 19 heavy (non-hydrogen) atoms. The van der Waals surface area contributed by atoms with Gasteiger partial charge >= 0.3 is 5.97 Å². The summed E-state index contributed by atoms with van der Waals surface area (Å²) in [6.45, 7) is 2.31. The minimum atomic E-state index is -0.364. The highest BCUT2D eigenvalue weighted by Crippen LogP contribution is 2.39. The third-order valence-corrected chi connectivity index (χ3v) is 5.02. The van der Waals surface area contributed by atoms with Crippen LogP contribution < -0.4 is 5.73 Å². The van der Waals surface area contributed by atoms with Crippen LogP contribution in [0.2, 0.25) is 0 Å². The third-order valence-electron chi connectivity index (χ3n) is 3.65. The van der Waals surface area contributed by atoms with Crippen molar-refractivity contribution in [3.05, 3.63) is 23.8 Å². The van der Waals surface area contributed by atoms with Gasteiger partial charge in [-0.2, -0.15) is 0 Å². The van der Waals surface area contributed by atoms with Gasteiger partial charge in [-0.25, -0.2) is 4.79 Å². The number of rotatable bonds is 3. The van der Waals surface area contributed by atoms with Gasteiger partial charge in [0.25, 0.3) is 0 Å². The number of nitrogen functional groups attached to an aromatic ring is 1. The summed E-state index contributed by atoms with van der Waals surface area (Å²) in [4.78, 5) is 12.6. The Balaban J connectivity index is 2.14. The van der Waals surface area contributed by atoms with Crippen molar-refractivity contribution in [2.75, 3.05) is 12.8 Å². The standard InChI is InChI=1S/C15H21NO2S/c1-10-5-3-6-11(9-10)19-13-8-4-7-12(14(13)16)15(17)18-2/h4,7-8,10-11H,3,5-6,9,16H2,1-2H3. The predicted molar refractivity (Wildman–Crippen MR) is 79.5 cm³/mol. The molecular weight excluding hydrogens is 258 g/mol. The molecule has 0 saturated heterocycles. The molecule has 2 rings (SSSR count). The Morgan fingerprint density at radius 3 is 2.89 bits per heavy atom. The van der Waals surface area contributed by atoms with Gasteiger partial charge in [0.05, 0.1) is 18.4 Å². The van der Waals surface area contributed by atoms with Crippen molar-refractivity contribution >= 4 is 23.4 Å². The topological polar surface area (TPSA) is 52.3 Å². The number of hydrogen-bond donors (Lipinski definition) is 1. The molecule has 4 heteroatoms. The van der Waals surface area contributed by atoms with Gasteiger partial charge in [-0.05, 0) is 30.9 Å². The van der Waals surface area contributed by atoms with E-state index in [0.29, 0.717) is 16.5 Å². The highest BCUT2D eigenvalue weighted by Gasteiger charge is 2.21. The average Bonchev–Trinajstić information content (AvgIpc) is 2.40. The minimum Gasteiger partial charge on any atom is -0.465 e. The zero-order chi connectivity index (χ0) is 13.8. The van der Waals surface area contributed by atoms with Gasteiger partial charge in [0, 0.05) is 10.1 Å². The molecule has 1 aromatic rings. The highest BCUT2D eigenvalue weighted by molar-refractivity contribution is 8.00. The second kappa shape index (κ2) is 6.33. The van der Waals surface area contributed by atoms with E-state index in [1.165, 1.54) is 32.8 Å². The molecule has 1 aliphatic rings. The van der Waals surface area contributed by atoms with E-state index in [-0.39, 0.29) is 5.97 Å². The molecule has 0 spiro atoms. The van der Waals surface area contributed by atoms with Crippen LogP contribution in [0.25, 0.3) is 0 Å². The van der Waals surface area contributed by atoms with Crippen LogP contribution in [0.3, 0.4) is 0 Å². The lowest BCUT2D eigenvalue weighted by Crippen LogP contribution is -2.15. The number of carbonyl (C=O) groups is 1. The summed E-state index contributed by atoms with van der Waals surface area (Å²) in [5.74, 6) is 0.424. The second-order valence-corrected chi connectivity index (χ2v) is 6.56. The van der Waals surface area contributed by atoms with E-state index >= 15 is 0 Å². The first kappa shape index (κ1) is 14.3. The number of esters is 1. The lowest BCUT2D eigenvalue weighted by Gasteiger charge is -2.26. The van der Waals surface area contributed by atoms with Crippen molar-refractivity contribution < 1.29 is 9.53 Å². The number of anilines is 1. The maximum Gasteiger partial charge on any atom is 0.339 e. The van der Waals surface area contributed by atoms with Gasteiger partial charge in [0.15, 0.2) is 0 Å². The summed E-state index contributed by atoms with van der Waals surface area (Å²) >= 11 is 1.80. The summed E-state index contributed by atoms with van der Waals surface area (Å²) in [6, 6.07) is 5.58. The Morgan fingerprint density at radius 1 is 1.42 bits per heavy atom. The molecule has 1 fully saturated rings. The fraction of sp³-hybridized carbons (Fsp3) is 0.533. The number of carbonyl (C=O) groups excluding carboxylic acids is 1. The predicted octanol–water partition coefficient (Wildman–Crippen LogP) is 3.73. The Labute approximate surface area is 118 Å². The summed E-state index contributed by atoms with van der Waals surface area (Å²) in [5.41, 5.74) is 7.11. The van der Waals surface area contributed by atoms with Crippen molar-refractivity contribution in [2.45, 2.75) is 42.8 Å². The molecule has 0 bridgehead atoms. The summed E-state index contributed by atoms with van der Waals surface area (Å²) < 4.78 is 4.75. The molecule has 3 nitrogen and oxygen atoms in total. The first-order chi connectivity index (χ1) is 9.11. The quantitative estimate of drug-likeness (QED) is 0.676. The SMILES string of the molecule is COC(=O)c1cccc(SC2CCCC(C)C2)c1N. The largest absolute Gasteiger partial charge is 0.465 e. The second-order valence-electron chi connectivity index (χ2n) is 5.22. The molecule has 1 saturated carbocycles. The van der Waals surface area contributed by atoms with Gasteiger partial charge < -0.3 is 10.5 Å². The Bertz CT molecular complexity index is 461. The van der Waals surface area contributed by atoms with Crippen molar-refractivity contribution in [3.63, 3.8) is 0 Å². The van der Waals surface area contributed by atoms with Crippen LogP contribution in [0.4, 0.5) is 5.69 Å². The zero-order valence-corrected chi connectivity index (χ0v) is 12.3. The molecule has 0 radical (unpaired) electrons. The van der Waals surface area contributed by atoms with E-state index in [2.05, 4.69) is 6.92 Å². The van der Waals surface area contributed by atoms with E-state index in [0.717, 1.165) is 10.8 Å². The van der Waals surface area contributed by atoms with Crippen LogP contribution in [-0.2, 0) is 4.74 Å². The zero-order valence-electron chi connectivity index (χ0n) is 11.5. The van der Waals surface area contributed by atoms with Gasteiger partial charge in [-0.3, -0.25) is 0 Å². The lowest BCUT2D eigenvalue weighted by molar-refractivity contribution is 0.0601. The molecule has 0 aromatic heterocycles. The fourth-order valence-corrected chi connectivity index (χ4v) is 4.06. The van der Waals surface area contributed by atoms with Crippen LogP contribution in [0.5, 0.6) is 0 Å². The van der Waals surface area contributed by atoms with Gasteiger partial charge in [-0.1, -0.05) is 25.8 Å². The van der Waals surface area contributed by atoms with Gasteiger partial charge in [0.2, 0.25) is 0 Å². The number of methoxy groups -OCH3 is 1. The Hall–Kier alpha value is -1.16. The maximum absolute atomic E-state index is 11.6. The lowest BCUT2D eigenvalue weighted by atomic mass is 9.91. The molecule has 2 atom stereocenters. The molecule has 104 valence electrons. The summed E-state index contributed by atoms with van der Waals surface area (Å²) in [7, 11) is 1.38. The highest BCUT2D eigenvalue weighted by atomic mass is 32.2. The van der Waals surface area contributed by atoms with E-state index < -0.39 is 0 Å². The third kappa shape index (κ3) is 3.44. The normalized spacial score (nSPS) is 23.1. The number of nitrogens with two attached hydrogens (primary N) is 1. The minimum absolute atomic E-state index is 0.364. The van der Waals surface area contributed by atoms with Gasteiger partial charge in [-0.15, -0.1) is 11.8 Å². The fourth-order valence-electron chi connectivity index (χ4n) is 2.60. The smallest absolute Gasteiger partial charge is 0.339 e.